The van der Waals surface area contributed by atoms with Gasteiger partial charge in [0.25, 0.3) is 0 Å². The van der Waals surface area contributed by atoms with Crippen LogP contribution in [0.3, 0.4) is 0 Å². The van der Waals surface area contributed by atoms with Crippen molar-refractivity contribution in [1.29, 1.82) is 0 Å². The third-order valence-corrected chi connectivity index (χ3v) is 3.79. The molecule has 0 fully saturated rings. The Hall–Kier alpha value is -0.450. The highest BCUT2D eigenvalue weighted by Crippen LogP contribution is 2.38. The van der Waals surface area contributed by atoms with E-state index in [0.717, 1.165) is 17.1 Å². The van der Waals surface area contributed by atoms with Crippen LogP contribution in [0.25, 0.3) is 0 Å². The predicted octanol–water partition coefficient (Wildman–Crippen LogP) is 2.69. The molecule has 1 aromatic heterocycles. The van der Waals surface area contributed by atoms with Gasteiger partial charge in [0.05, 0.1) is 5.69 Å². The molecule has 1 heterocycles. The lowest BCUT2D eigenvalue weighted by molar-refractivity contribution is 0.0150. The monoisotopic (exact) mass is 242 g/mol. The summed E-state index contributed by atoms with van der Waals surface area (Å²) >= 11 is 1.73. The number of hydrogen-bond acceptors (Lipinski definition) is 4. The average Bonchev–Trinajstić information content (AvgIpc) is 2.47. The first-order chi connectivity index (χ1) is 7.40. The normalized spacial score (nSPS) is 14.1. The van der Waals surface area contributed by atoms with Crippen LogP contribution < -0.4 is 5.73 Å². The van der Waals surface area contributed by atoms with Gasteiger partial charge in [-0.05, 0) is 25.3 Å². The lowest BCUT2D eigenvalue weighted by Gasteiger charge is -2.27. The van der Waals surface area contributed by atoms with E-state index in [4.69, 9.17) is 10.5 Å². The highest BCUT2D eigenvalue weighted by molar-refractivity contribution is 7.11. The van der Waals surface area contributed by atoms with Crippen molar-refractivity contribution >= 4 is 11.3 Å². The van der Waals surface area contributed by atoms with Crippen molar-refractivity contribution in [3.63, 3.8) is 0 Å². The molecule has 0 saturated heterocycles. The quantitative estimate of drug-likeness (QED) is 0.883. The van der Waals surface area contributed by atoms with E-state index in [9.17, 15) is 0 Å². The summed E-state index contributed by atoms with van der Waals surface area (Å²) in [5.41, 5.74) is 6.74. The SMILES string of the molecule is COC(c1nc(C)c(CCN)s1)C(C)(C)C. The summed E-state index contributed by atoms with van der Waals surface area (Å²) in [4.78, 5) is 5.89. The minimum Gasteiger partial charge on any atom is -0.374 e. The van der Waals surface area contributed by atoms with Crippen LogP contribution in [-0.2, 0) is 11.2 Å². The summed E-state index contributed by atoms with van der Waals surface area (Å²) in [7, 11) is 1.75. The lowest BCUT2D eigenvalue weighted by atomic mass is 9.89. The predicted molar refractivity (Wildman–Crippen MR) is 68.8 cm³/mol. The summed E-state index contributed by atoms with van der Waals surface area (Å²) in [6, 6.07) is 0. The molecule has 0 saturated carbocycles. The third kappa shape index (κ3) is 3.03. The molecule has 0 aliphatic heterocycles. The second-order valence-electron chi connectivity index (χ2n) is 5.08. The van der Waals surface area contributed by atoms with Gasteiger partial charge in [0.1, 0.15) is 11.1 Å². The van der Waals surface area contributed by atoms with Crippen LogP contribution in [-0.4, -0.2) is 18.6 Å². The van der Waals surface area contributed by atoms with Crippen molar-refractivity contribution in [2.45, 2.75) is 40.2 Å². The molecule has 4 heteroatoms. The van der Waals surface area contributed by atoms with E-state index in [-0.39, 0.29) is 11.5 Å². The van der Waals surface area contributed by atoms with Gasteiger partial charge in [-0.15, -0.1) is 11.3 Å². The van der Waals surface area contributed by atoms with Gasteiger partial charge in [-0.3, -0.25) is 0 Å². The van der Waals surface area contributed by atoms with E-state index in [1.54, 1.807) is 18.4 Å². The molecule has 1 atom stereocenters. The second-order valence-corrected chi connectivity index (χ2v) is 6.20. The van der Waals surface area contributed by atoms with Crippen LogP contribution in [0.2, 0.25) is 0 Å². The van der Waals surface area contributed by atoms with E-state index in [1.807, 2.05) is 6.92 Å². The Bertz CT molecular complexity index is 341. The highest BCUT2D eigenvalue weighted by Gasteiger charge is 2.29. The Morgan fingerprint density at radius 2 is 2.06 bits per heavy atom. The third-order valence-electron chi connectivity index (χ3n) is 2.53. The largest absolute Gasteiger partial charge is 0.374 e. The highest BCUT2D eigenvalue weighted by atomic mass is 32.1. The fourth-order valence-corrected chi connectivity index (χ4v) is 3.16. The van der Waals surface area contributed by atoms with Gasteiger partial charge in [-0.25, -0.2) is 4.98 Å². The first-order valence-corrected chi connectivity index (χ1v) is 6.41. The zero-order chi connectivity index (χ0) is 12.3. The maximum Gasteiger partial charge on any atom is 0.123 e. The van der Waals surface area contributed by atoms with E-state index in [2.05, 4.69) is 25.8 Å². The summed E-state index contributed by atoms with van der Waals surface area (Å²) in [5.74, 6) is 0. The maximum absolute atomic E-state index is 5.58. The smallest absolute Gasteiger partial charge is 0.123 e. The van der Waals surface area contributed by atoms with E-state index in [1.165, 1.54) is 4.88 Å². The van der Waals surface area contributed by atoms with Crippen LogP contribution in [0.4, 0.5) is 0 Å². The minimum absolute atomic E-state index is 0.0581. The summed E-state index contributed by atoms with van der Waals surface area (Å²) in [6.45, 7) is 9.22. The molecule has 0 aromatic carbocycles. The lowest BCUT2D eigenvalue weighted by Crippen LogP contribution is -2.19. The Morgan fingerprint density at radius 3 is 2.50 bits per heavy atom. The molecule has 0 amide bonds. The first kappa shape index (κ1) is 13.6. The summed E-state index contributed by atoms with van der Waals surface area (Å²) in [5, 5.41) is 1.07. The number of aryl methyl sites for hydroxylation is 1. The zero-order valence-electron chi connectivity index (χ0n) is 10.8. The summed E-state index contributed by atoms with van der Waals surface area (Å²) < 4.78 is 5.56. The Balaban J connectivity index is 2.98. The first-order valence-electron chi connectivity index (χ1n) is 5.59. The van der Waals surface area contributed by atoms with Crippen LogP contribution in [0.5, 0.6) is 0 Å². The van der Waals surface area contributed by atoms with Crippen molar-refractivity contribution in [2.24, 2.45) is 11.1 Å². The Labute approximate surface area is 102 Å². The number of ether oxygens (including phenoxy) is 1. The topological polar surface area (TPSA) is 48.1 Å². The minimum atomic E-state index is 0.0581. The Kier molecular flexibility index (Phi) is 4.47. The zero-order valence-corrected chi connectivity index (χ0v) is 11.6. The van der Waals surface area contributed by atoms with Crippen LogP contribution in [0, 0.1) is 12.3 Å². The molecule has 0 bridgehead atoms. The van der Waals surface area contributed by atoms with Crippen molar-refractivity contribution in [3.8, 4) is 0 Å². The van der Waals surface area contributed by atoms with Crippen LogP contribution >= 0.6 is 11.3 Å². The molecule has 0 aliphatic rings. The van der Waals surface area contributed by atoms with Gasteiger partial charge in [-0.1, -0.05) is 20.8 Å². The molecular weight excluding hydrogens is 220 g/mol. The van der Waals surface area contributed by atoms with Gasteiger partial charge in [0, 0.05) is 12.0 Å². The molecule has 0 spiro atoms. The van der Waals surface area contributed by atoms with Gasteiger partial charge in [-0.2, -0.15) is 0 Å². The molecule has 16 heavy (non-hydrogen) atoms. The second kappa shape index (κ2) is 5.25. The molecule has 0 radical (unpaired) electrons. The molecular formula is C12H22N2OS. The average molecular weight is 242 g/mol. The van der Waals surface area contributed by atoms with E-state index >= 15 is 0 Å². The molecule has 0 aliphatic carbocycles. The number of nitrogens with two attached hydrogens (primary N) is 1. The van der Waals surface area contributed by atoms with Gasteiger partial charge >= 0.3 is 0 Å². The molecule has 1 rings (SSSR count). The number of hydrogen-bond donors (Lipinski definition) is 1. The van der Waals surface area contributed by atoms with Crippen LogP contribution in [0.15, 0.2) is 0 Å². The van der Waals surface area contributed by atoms with Gasteiger partial charge in [0.15, 0.2) is 0 Å². The number of aromatic nitrogens is 1. The molecule has 1 unspecified atom stereocenters. The van der Waals surface area contributed by atoms with Gasteiger partial charge in [0.2, 0.25) is 0 Å². The molecule has 92 valence electrons. The van der Waals surface area contributed by atoms with Crippen molar-refractivity contribution in [1.82, 2.24) is 4.98 Å². The number of thiazole rings is 1. The number of rotatable bonds is 4. The fourth-order valence-electron chi connectivity index (χ4n) is 1.75. The maximum atomic E-state index is 5.58. The standard InChI is InChI=1S/C12H22N2OS/c1-8-9(6-7-13)16-11(14-8)10(15-5)12(2,3)4/h10H,6-7,13H2,1-5H3. The molecule has 1 aromatic rings. The molecule has 2 N–H and O–H groups in total. The van der Waals surface area contributed by atoms with Crippen molar-refractivity contribution in [2.75, 3.05) is 13.7 Å². The van der Waals surface area contributed by atoms with E-state index < -0.39 is 0 Å². The Morgan fingerprint density at radius 1 is 1.44 bits per heavy atom. The summed E-state index contributed by atoms with van der Waals surface area (Å²) in [6.07, 6.45) is 0.965. The van der Waals surface area contributed by atoms with Crippen LogP contribution in [0.1, 0.15) is 42.5 Å². The van der Waals surface area contributed by atoms with E-state index in [0.29, 0.717) is 6.54 Å². The van der Waals surface area contributed by atoms with Crippen molar-refractivity contribution in [3.05, 3.63) is 15.6 Å². The van der Waals surface area contributed by atoms with Crippen molar-refractivity contribution < 1.29 is 4.74 Å². The molecule has 3 nitrogen and oxygen atoms in total. The van der Waals surface area contributed by atoms with Gasteiger partial charge < -0.3 is 10.5 Å². The number of methoxy groups -OCH3 is 1. The number of nitrogens with zero attached hydrogens (tertiary/aromatic N) is 1. The fraction of sp³-hybridized carbons (Fsp3) is 0.750.